The molecule has 0 radical (unpaired) electrons. The molecule has 2 aromatic heterocycles. The molecule has 0 saturated carbocycles. The van der Waals surface area contributed by atoms with Crippen LogP contribution in [0.25, 0.3) is 22.2 Å². The number of aromatic nitrogens is 3. The highest BCUT2D eigenvalue weighted by Gasteiger charge is 2.13. The molecule has 0 fully saturated rings. The lowest BCUT2D eigenvalue weighted by Crippen LogP contribution is -2.20. The van der Waals surface area contributed by atoms with Gasteiger partial charge in [-0.1, -0.05) is 41.0 Å². The van der Waals surface area contributed by atoms with Gasteiger partial charge in [-0.2, -0.15) is 0 Å². The van der Waals surface area contributed by atoms with Crippen LogP contribution in [0.5, 0.6) is 0 Å². The van der Waals surface area contributed by atoms with Gasteiger partial charge in [-0.05, 0) is 24.5 Å². The van der Waals surface area contributed by atoms with Gasteiger partial charge in [0, 0.05) is 34.8 Å². The zero-order chi connectivity index (χ0) is 15.9. The number of pyridine rings is 1. The molecule has 0 N–H and O–H groups in total. The summed E-state index contributed by atoms with van der Waals surface area (Å²) in [4.78, 5) is 21.3. The van der Waals surface area contributed by atoms with E-state index in [1.54, 1.807) is 37.5 Å². The Morgan fingerprint density at radius 2 is 1.95 bits per heavy atom. The molecule has 4 nitrogen and oxygen atoms in total. The fourth-order valence-corrected chi connectivity index (χ4v) is 3.08. The fourth-order valence-electron chi connectivity index (χ4n) is 2.23. The van der Waals surface area contributed by atoms with Crippen LogP contribution >= 0.6 is 35.0 Å². The smallest absolute Gasteiger partial charge is 0.259 e. The lowest BCUT2D eigenvalue weighted by Gasteiger charge is -2.10. The van der Waals surface area contributed by atoms with Crippen molar-refractivity contribution in [2.75, 3.05) is 6.26 Å². The average molecular weight is 352 g/mol. The first-order chi connectivity index (χ1) is 10.5. The van der Waals surface area contributed by atoms with Crippen LogP contribution in [-0.2, 0) is 7.05 Å². The summed E-state index contributed by atoms with van der Waals surface area (Å²) in [5, 5.41) is 2.37. The van der Waals surface area contributed by atoms with Crippen molar-refractivity contribution < 1.29 is 0 Å². The van der Waals surface area contributed by atoms with E-state index in [0.717, 1.165) is 5.39 Å². The topological polar surface area (TPSA) is 47.8 Å². The number of hydrogen-bond acceptors (Lipinski definition) is 4. The predicted octanol–water partition coefficient (Wildman–Crippen LogP) is 4.02. The summed E-state index contributed by atoms with van der Waals surface area (Å²) >= 11 is 13.6. The summed E-state index contributed by atoms with van der Waals surface area (Å²) in [7, 11) is 1.69. The van der Waals surface area contributed by atoms with Crippen molar-refractivity contribution in [3.05, 3.63) is 50.9 Å². The number of aryl methyl sites for hydroxylation is 1. The highest BCUT2D eigenvalue weighted by molar-refractivity contribution is 7.98. The molecule has 0 saturated heterocycles. The predicted molar refractivity (Wildman–Crippen MR) is 92.0 cm³/mol. The number of halogens is 2. The van der Waals surface area contributed by atoms with Crippen molar-refractivity contribution in [1.29, 1.82) is 0 Å². The molecule has 0 aliphatic carbocycles. The summed E-state index contributed by atoms with van der Waals surface area (Å²) < 4.78 is 1.51. The van der Waals surface area contributed by atoms with Crippen molar-refractivity contribution in [3.8, 4) is 11.1 Å². The summed E-state index contributed by atoms with van der Waals surface area (Å²) in [6.07, 6.45) is 3.60. The van der Waals surface area contributed by atoms with E-state index in [1.807, 2.05) is 6.26 Å². The standard InChI is InChI=1S/C15H11Cl2N3OS/c1-20-13-8(7-18-15(19-13)22-2)5-11(14(20)21)10-4-3-9(16)6-12(10)17/h3-7H,1-2H3. The zero-order valence-electron chi connectivity index (χ0n) is 11.8. The molecule has 3 aromatic rings. The molecule has 0 bridgehead atoms. The van der Waals surface area contributed by atoms with Crippen LogP contribution in [0.15, 0.2) is 40.4 Å². The monoisotopic (exact) mass is 351 g/mol. The van der Waals surface area contributed by atoms with Gasteiger partial charge in [0.05, 0.1) is 5.02 Å². The Balaban J connectivity index is 2.32. The van der Waals surface area contributed by atoms with Crippen LogP contribution in [0.4, 0.5) is 0 Å². The van der Waals surface area contributed by atoms with Gasteiger partial charge >= 0.3 is 0 Å². The second-order valence-electron chi connectivity index (χ2n) is 4.68. The van der Waals surface area contributed by atoms with E-state index in [1.165, 1.54) is 16.3 Å². The maximum atomic E-state index is 12.6. The molecule has 0 spiro atoms. The molecule has 22 heavy (non-hydrogen) atoms. The van der Waals surface area contributed by atoms with E-state index >= 15 is 0 Å². The van der Waals surface area contributed by atoms with Crippen LogP contribution in [-0.4, -0.2) is 20.8 Å². The number of rotatable bonds is 2. The molecular formula is C15H11Cl2N3OS. The van der Waals surface area contributed by atoms with Crippen molar-refractivity contribution in [3.63, 3.8) is 0 Å². The molecule has 7 heteroatoms. The second kappa shape index (κ2) is 5.91. The second-order valence-corrected chi connectivity index (χ2v) is 6.30. The van der Waals surface area contributed by atoms with Crippen molar-refractivity contribution in [2.45, 2.75) is 5.16 Å². The molecule has 0 amide bonds. The maximum Gasteiger partial charge on any atom is 0.259 e. The molecule has 112 valence electrons. The molecule has 0 aliphatic rings. The van der Waals surface area contributed by atoms with Gasteiger partial charge < -0.3 is 0 Å². The largest absolute Gasteiger partial charge is 0.295 e. The number of fused-ring (bicyclic) bond motifs is 1. The summed E-state index contributed by atoms with van der Waals surface area (Å²) in [5.74, 6) is 0. The number of nitrogens with zero attached hydrogens (tertiary/aromatic N) is 3. The van der Waals surface area contributed by atoms with Crippen LogP contribution < -0.4 is 5.56 Å². The lowest BCUT2D eigenvalue weighted by molar-refractivity contribution is 0.861. The Hall–Kier alpha value is -1.56. The van der Waals surface area contributed by atoms with E-state index < -0.39 is 0 Å². The average Bonchev–Trinajstić information content (AvgIpc) is 2.51. The Bertz CT molecular complexity index is 940. The van der Waals surface area contributed by atoms with Gasteiger partial charge in [0.1, 0.15) is 5.65 Å². The maximum absolute atomic E-state index is 12.6. The van der Waals surface area contributed by atoms with E-state index in [9.17, 15) is 4.79 Å². The first-order valence-electron chi connectivity index (χ1n) is 6.37. The van der Waals surface area contributed by atoms with E-state index in [4.69, 9.17) is 23.2 Å². The van der Waals surface area contributed by atoms with Gasteiger partial charge in [-0.25, -0.2) is 9.97 Å². The number of benzene rings is 1. The third kappa shape index (κ3) is 2.60. The molecule has 0 aliphatic heterocycles. The minimum Gasteiger partial charge on any atom is -0.295 e. The molecule has 1 aromatic carbocycles. The van der Waals surface area contributed by atoms with Crippen LogP contribution in [0.1, 0.15) is 0 Å². The van der Waals surface area contributed by atoms with Crippen molar-refractivity contribution in [2.24, 2.45) is 7.05 Å². The first-order valence-corrected chi connectivity index (χ1v) is 8.35. The molecule has 3 rings (SSSR count). The Morgan fingerprint density at radius 1 is 1.18 bits per heavy atom. The van der Waals surface area contributed by atoms with E-state index in [0.29, 0.717) is 32.0 Å². The SMILES string of the molecule is CSc1ncc2cc(-c3ccc(Cl)cc3Cl)c(=O)n(C)c2n1. The third-order valence-electron chi connectivity index (χ3n) is 3.33. The zero-order valence-corrected chi connectivity index (χ0v) is 14.1. The molecule has 0 atom stereocenters. The number of thioether (sulfide) groups is 1. The molecule has 0 unspecified atom stereocenters. The van der Waals surface area contributed by atoms with Gasteiger partial charge in [0.25, 0.3) is 5.56 Å². The number of hydrogen-bond donors (Lipinski definition) is 0. The third-order valence-corrected chi connectivity index (χ3v) is 4.44. The van der Waals surface area contributed by atoms with Crippen molar-refractivity contribution in [1.82, 2.24) is 14.5 Å². The van der Waals surface area contributed by atoms with Crippen LogP contribution in [0, 0.1) is 0 Å². The van der Waals surface area contributed by atoms with Crippen molar-refractivity contribution >= 4 is 46.0 Å². The summed E-state index contributed by atoms with van der Waals surface area (Å²) in [6.45, 7) is 0. The van der Waals surface area contributed by atoms with Gasteiger partial charge in [0.15, 0.2) is 5.16 Å². The molecule has 2 heterocycles. The highest BCUT2D eigenvalue weighted by atomic mass is 35.5. The van der Waals surface area contributed by atoms with Gasteiger partial charge in [-0.3, -0.25) is 9.36 Å². The summed E-state index contributed by atoms with van der Waals surface area (Å²) in [5.41, 5.74) is 1.57. The minimum atomic E-state index is -0.164. The Kier molecular flexibility index (Phi) is 4.12. The fraction of sp³-hybridized carbons (Fsp3) is 0.133. The highest BCUT2D eigenvalue weighted by Crippen LogP contribution is 2.29. The van der Waals surface area contributed by atoms with Crippen LogP contribution in [0.3, 0.4) is 0 Å². The Morgan fingerprint density at radius 3 is 2.64 bits per heavy atom. The van der Waals surface area contributed by atoms with Gasteiger partial charge in [0.2, 0.25) is 0 Å². The van der Waals surface area contributed by atoms with Gasteiger partial charge in [-0.15, -0.1) is 0 Å². The van der Waals surface area contributed by atoms with E-state index in [2.05, 4.69) is 9.97 Å². The van der Waals surface area contributed by atoms with E-state index in [-0.39, 0.29) is 5.56 Å². The normalized spacial score (nSPS) is 11.1. The Labute approximate surface area is 141 Å². The quantitative estimate of drug-likeness (QED) is 0.516. The lowest BCUT2D eigenvalue weighted by atomic mass is 10.1. The van der Waals surface area contributed by atoms with Crippen LogP contribution in [0.2, 0.25) is 10.0 Å². The molecular weight excluding hydrogens is 341 g/mol. The summed E-state index contributed by atoms with van der Waals surface area (Å²) in [6, 6.07) is 6.83. The first kappa shape index (κ1) is 15.3. The minimum absolute atomic E-state index is 0.164.